The number of aromatic nitrogens is 1. The lowest BCUT2D eigenvalue weighted by Crippen LogP contribution is -1.92. The molecule has 102 valence electrons. The van der Waals surface area contributed by atoms with Crippen LogP contribution in [0.4, 0.5) is 17.4 Å². The van der Waals surface area contributed by atoms with Gasteiger partial charge < -0.3 is 15.5 Å². The molecule has 0 spiro atoms. The summed E-state index contributed by atoms with van der Waals surface area (Å²) in [5.74, 6) is 0. The minimum Gasteiger partial charge on any atom is -0.423 e. The Morgan fingerprint density at radius 2 is 1.95 bits per heavy atom. The molecule has 0 aliphatic carbocycles. The van der Waals surface area contributed by atoms with Crippen LogP contribution >= 0.6 is 23.2 Å². The van der Waals surface area contributed by atoms with Crippen LogP contribution in [0.5, 0.6) is 0 Å². The minimum absolute atomic E-state index is 0.340. The van der Waals surface area contributed by atoms with E-state index in [1.54, 1.807) is 30.3 Å². The molecule has 0 amide bonds. The van der Waals surface area contributed by atoms with Crippen LogP contribution in [0.1, 0.15) is 5.56 Å². The number of anilines is 3. The molecule has 0 unspecified atom stereocenters. The first-order chi connectivity index (χ1) is 9.52. The van der Waals surface area contributed by atoms with Gasteiger partial charge in [-0.25, -0.2) is 0 Å². The van der Waals surface area contributed by atoms with Crippen LogP contribution < -0.4 is 11.1 Å². The van der Waals surface area contributed by atoms with Gasteiger partial charge in [0.05, 0.1) is 10.7 Å². The highest BCUT2D eigenvalue weighted by molar-refractivity contribution is 6.35. The Hall–Kier alpha value is -1.91. The summed E-state index contributed by atoms with van der Waals surface area (Å²) < 4.78 is 5.57. The molecule has 20 heavy (non-hydrogen) atoms. The molecule has 6 heteroatoms. The van der Waals surface area contributed by atoms with E-state index in [-0.39, 0.29) is 0 Å². The summed E-state index contributed by atoms with van der Waals surface area (Å²) in [6, 6.07) is 9.13. The SMILES string of the molecule is Cc1cc(Cl)c(Nc2nc3cc(N)ccc3o2)cc1Cl. The lowest BCUT2D eigenvalue weighted by molar-refractivity contribution is 0.623. The van der Waals surface area contributed by atoms with Crippen molar-refractivity contribution in [3.63, 3.8) is 0 Å². The second-order valence-electron chi connectivity index (χ2n) is 4.45. The van der Waals surface area contributed by atoms with Gasteiger partial charge in [-0.15, -0.1) is 0 Å². The number of nitrogens with one attached hydrogen (secondary N) is 1. The fourth-order valence-corrected chi connectivity index (χ4v) is 2.28. The molecule has 0 atom stereocenters. The number of nitrogen functional groups attached to an aromatic ring is 1. The Bertz CT molecular complexity index is 798. The topological polar surface area (TPSA) is 64.1 Å². The molecule has 2 aromatic carbocycles. The number of fused-ring (bicyclic) bond motifs is 1. The number of benzene rings is 2. The molecule has 3 rings (SSSR count). The number of halogens is 2. The first-order valence-electron chi connectivity index (χ1n) is 5.91. The molecule has 0 saturated carbocycles. The third kappa shape index (κ3) is 2.40. The largest absolute Gasteiger partial charge is 0.423 e. The Balaban J connectivity index is 1.99. The van der Waals surface area contributed by atoms with E-state index >= 15 is 0 Å². The Kier molecular flexibility index (Phi) is 3.20. The maximum Gasteiger partial charge on any atom is 0.300 e. The highest BCUT2D eigenvalue weighted by Gasteiger charge is 2.10. The molecule has 0 fully saturated rings. The van der Waals surface area contributed by atoms with Crippen LogP contribution in [0.3, 0.4) is 0 Å². The number of nitrogens with two attached hydrogens (primary N) is 1. The van der Waals surface area contributed by atoms with Crippen LogP contribution in [0.25, 0.3) is 11.1 Å². The summed E-state index contributed by atoms with van der Waals surface area (Å²) in [6.07, 6.45) is 0. The van der Waals surface area contributed by atoms with Crippen molar-refractivity contribution in [3.05, 3.63) is 45.9 Å². The van der Waals surface area contributed by atoms with E-state index in [0.29, 0.717) is 38.5 Å². The van der Waals surface area contributed by atoms with Crippen molar-refractivity contribution in [1.29, 1.82) is 0 Å². The third-order valence-electron chi connectivity index (χ3n) is 2.90. The Morgan fingerprint density at radius 1 is 1.15 bits per heavy atom. The van der Waals surface area contributed by atoms with Crippen molar-refractivity contribution in [2.45, 2.75) is 6.92 Å². The molecular formula is C14H11Cl2N3O. The van der Waals surface area contributed by atoms with Gasteiger partial charge in [-0.3, -0.25) is 0 Å². The van der Waals surface area contributed by atoms with Gasteiger partial charge in [0.15, 0.2) is 5.58 Å². The maximum atomic E-state index is 6.16. The molecule has 0 aliphatic heterocycles. The molecule has 3 N–H and O–H groups in total. The highest BCUT2D eigenvalue weighted by atomic mass is 35.5. The second kappa shape index (κ2) is 4.89. The van der Waals surface area contributed by atoms with E-state index in [1.165, 1.54) is 0 Å². The normalized spacial score (nSPS) is 10.9. The van der Waals surface area contributed by atoms with Crippen LogP contribution in [0.15, 0.2) is 34.7 Å². The Labute approximate surface area is 125 Å². The summed E-state index contributed by atoms with van der Waals surface area (Å²) in [5.41, 5.74) is 9.22. The Morgan fingerprint density at radius 3 is 2.75 bits per heavy atom. The summed E-state index contributed by atoms with van der Waals surface area (Å²) in [5, 5.41) is 4.19. The standard InChI is InChI=1S/C14H11Cl2N3O/c1-7-4-10(16)11(6-9(7)15)18-14-19-12-5-8(17)2-3-13(12)20-14/h2-6H,17H2,1H3,(H,18,19). The molecule has 0 bridgehead atoms. The van der Waals surface area contributed by atoms with Crippen molar-refractivity contribution < 1.29 is 4.42 Å². The molecule has 4 nitrogen and oxygen atoms in total. The van der Waals surface area contributed by atoms with Crippen LogP contribution in [-0.2, 0) is 0 Å². The van der Waals surface area contributed by atoms with E-state index in [0.717, 1.165) is 5.56 Å². The zero-order valence-corrected chi connectivity index (χ0v) is 12.1. The van der Waals surface area contributed by atoms with Gasteiger partial charge in [-0.05, 0) is 42.8 Å². The molecular weight excluding hydrogens is 297 g/mol. The van der Waals surface area contributed by atoms with Gasteiger partial charge in [0, 0.05) is 10.7 Å². The highest BCUT2D eigenvalue weighted by Crippen LogP contribution is 2.32. The van der Waals surface area contributed by atoms with E-state index in [4.69, 9.17) is 33.4 Å². The minimum atomic E-state index is 0.340. The predicted octanol–water partition coefficient (Wildman–Crippen LogP) is 4.77. The van der Waals surface area contributed by atoms with Gasteiger partial charge in [0.2, 0.25) is 0 Å². The van der Waals surface area contributed by atoms with Gasteiger partial charge in [-0.2, -0.15) is 4.98 Å². The number of oxazole rings is 1. The van der Waals surface area contributed by atoms with Crippen molar-refractivity contribution in [1.82, 2.24) is 4.98 Å². The smallest absolute Gasteiger partial charge is 0.300 e. The molecule has 1 aromatic heterocycles. The van der Waals surface area contributed by atoms with E-state index in [2.05, 4.69) is 10.3 Å². The number of hydrogen-bond donors (Lipinski definition) is 2. The molecule has 0 saturated heterocycles. The van der Waals surface area contributed by atoms with Gasteiger partial charge in [0.1, 0.15) is 5.52 Å². The first-order valence-corrected chi connectivity index (χ1v) is 6.67. The van der Waals surface area contributed by atoms with Gasteiger partial charge >= 0.3 is 0 Å². The number of aryl methyl sites for hydroxylation is 1. The van der Waals surface area contributed by atoms with E-state index in [9.17, 15) is 0 Å². The fourth-order valence-electron chi connectivity index (χ4n) is 1.86. The summed E-state index contributed by atoms with van der Waals surface area (Å²) in [7, 11) is 0. The van der Waals surface area contributed by atoms with E-state index < -0.39 is 0 Å². The third-order valence-corrected chi connectivity index (χ3v) is 3.62. The predicted molar refractivity (Wildman–Crippen MR) is 82.9 cm³/mol. The van der Waals surface area contributed by atoms with E-state index in [1.807, 2.05) is 6.92 Å². The fraction of sp³-hybridized carbons (Fsp3) is 0.0714. The van der Waals surface area contributed by atoms with Crippen molar-refractivity contribution >= 4 is 51.7 Å². The monoisotopic (exact) mass is 307 g/mol. The van der Waals surface area contributed by atoms with Gasteiger partial charge in [-0.1, -0.05) is 23.2 Å². The quantitative estimate of drug-likeness (QED) is 0.669. The zero-order valence-electron chi connectivity index (χ0n) is 10.6. The van der Waals surface area contributed by atoms with Crippen LogP contribution in [-0.4, -0.2) is 4.98 Å². The number of nitrogens with zero attached hydrogens (tertiary/aromatic N) is 1. The van der Waals surface area contributed by atoms with Crippen LogP contribution in [0, 0.1) is 6.92 Å². The molecule has 0 aliphatic rings. The zero-order chi connectivity index (χ0) is 14.3. The summed E-state index contributed by atoms with van der Waals surface area (Å²) in [6.45, 7) is 1.89. The summed E-state index contributed by atoms with van der Waals surface area (Å²) in [4.78, 5) is 4.30. The molecule has 1 heterocycles. The van der Waals surface area contributed by atoms with Gasteiger partial charge in [0.25, 0.3) is 6.01 Å². The summed E-state index contributed by atoms with van der Waals surface area (Å²) >= 11 is 12.3. The van der Waals surface area contributed by atoms with Crippen molar-refractivity contribution in [3.8, 4) is 0 Å². The van der Waals surface area contributed by atoms with Crippen molar-refractivity contribution in [2.75, 3.05) is 11.1 Å². The average molecular weight is 308 g/mol. The van der Waals surface area contributed by atoms with Crippen LogP contribution in [0.2, 0.25) is 10.0 Å². The first kappa shape index (κ1) is 13.1. The number of rotatable bonds is 2. The van der Waals surface area contributed by atoms with Crippen molar-refractivity contribution in [2.24, 2.45) is 0 Å². The molecule has 3 aromatic rings. The lowest BCUT2D eigenvalue weighted by Gasteiger charge is -2.06. The number of hydrogen-bond acceptors (Lipinski definition) is 4. The second-order valence-corrected chi connectivity index (χ2v) is 5.27. The maximum absolute atomic E-state index is 6.16. The average Bonchev–Trinajstić information content (AvgIpc) is 2.77. The molecule has 0 radical (unpaired) electrons. The lowest BCUT2D eigenvalue weighted by atomic mass is 10.2.